The van der Waals surface area contributed by atoms with Crippen LogP contribution >= 0.6 is 0 Å². The lowest BCUT2D eigenvalue weighted by Crippen LogP contribution is -2.46. The van der Waals surface area contributed by atoms with Crippen molar-refractivity contribution in [2.45, 2.75) is 44.2 Å². The molecule has 88 valence electrons. The van der Waals surface area contributed by atoms with E-state index in [2.05, 4.69) is 6.58 Å². The van der Waals surface area contributed by atoms with Gasteiger partial charge < -0.3 is 4.74 Å². The van der Waals surface area contributed by atoms with Crippen molar-refractivity contribution in [3.8, 4) is 0 Å². The van der Waals surface area contributed by atoms with Gasteiger partial charge in [-0.1, -0.05) is 25.8 Å². The van der Waals surface area contributed by atoms with Crippen molar-refractivity contribution in [1.82, 2.24) is 4.90 Å². The van der Waals surface area contributed by atoms with Gasteiger partial charge in [0.1, 0.15) is 12.6 Å². The number of carbonyl (C=O) groups excluding carboxylic acids is 2. The Morgan fingerprint density at radius 1 is 1.38 bits per heavy atom. The zero-order chi connectivity index (χ0) is 11.5. The van der Waals surface area contributed by atoms with E-state index in [-0.39, 0.29) is 24.5 Å². The maximum absolute atomic E-state index is 11.6. The number of carbonyl (C=O) groups is 2. The zero-order valence-electron chi connectivity index (χ0n) is 9.35. The summed E-state index contributed by atoms with van der Waals surface area (Å²) in [5.41, 5.74) is 0. The number of cyclic esters (lactones) is 1. The first-order valence-corrected chi connectivity index (χ1v) is 5.85. The predicted octanol–water partition coefficient (Wildman–Crippen LogP) is 1.89. The van der Waals surface area contributed by atoms with Crippen LogP contribution in [0.4, 0.5) is 4.79 Å². The molecular weight excluding hydrogens is 206 g/mol. The van der Waals surface area contributed by atoms with Crippen molar-refractivity contribution in [2.24, 2.45) is 0 Å². The van der Waals surface area contributed by atoms with Gasteiger partial charge >= 0.3 is 6.09 Å². The van der Waals surface area contributed by atoms with Crippen LogP contribution in [0.25, 0.3) is 0 Å². The lowest BCUT2D eigenvalue weighted by molar-refractivity contribution is -0.118. The van der Waals surface area contributed by atoms with E-state index in [1.165, 1.54) is 12.5 Å². The van der Waals surface area contributed by atoms with Crippen LogP contribution in [0.5, 0.6) is 0 Å². The standard InChI is InChI=1S/C12H17NO3/c1-2-11(14)10-8-16-12(15)13(10)9-6-4-3-5-7-9/h2,9-10H,1,3-8H2. The molecule has 1 saturated carbocycles. The van der Waals surface area contributed by atoms with E-state index in [4.69, 9.17) is 4.74 Å². The van der Waals surface area contributed by atoms with Crippen LogP contribution in [0.15, 0.2) is 12.7 Å². The highest BCUT2D eigenvalue weighted by Gasteiger charge is 2.41. The Hall–Kier alpha value is -1.32. The Morgan fingerprint density at radius 3 is 2.69 bits per heavy atom. The summed E-state index contributed by atoms with van der Waals surface area (Å²) in [6.07, 6.45) is 6.38. The molecule has 0 spiro atoms. The van der Waals surface area contributed by atoms with Gasteiger partial charge in [0, 0.05) is 6.04 Å². The average Bonchev–Trinajstić information content (AvgIpc) is 2.71. The van der Waals surface area contributed by atoms with E-state index in [0.717, 1.165) is 25.7 Å². The first-order valence-electron chi connectivity index (χ1n) is 5.85. The maximum Gasteiger partial charge on any atom is 0.410 e. The largest absolute Gasteiger partial charge is 0.447 e. The number of ether oxygens (including phenoxy) is 1. The van der Waals surface area contributed by atoms with E-state index in [0.29, 0.717) is 0 Å². The van der Waals surface area contributed by atoms with E-state index in [1.54, 1.807) is 4.90 Å². The van der Waals surface area contributed by atoms with Gasteiger partial charge in [0.25, 0.3) is 0 Å². The van der Waals surface area contributed by atoms with Gasteiger partial charge in [-0.15, -0.1) is 0 Å². The third-order valence-corrected chi connectivity index (χ3v) is 3.41. The summed E-state index contributed by atoms with van der Waals surface area (Å²) in [7, 11) is 0. The highest BCUT2D eigenvalue weighted by molar-refractivity contribution is 5.97. The Labute approximate surface area is 95.2 Å². The average molecular weight is 223 g/mol. The molecule has 1 unspecified atom stereocenters. The Kier molecular flexibility index (Phi) is 3.27. The zero-order valence-corrected chi connectivity index (χ0v) is 9.35. The number of rotatable bonds is 3. The molecule has 4 nitrogen and oxygen atoms in total. The highest BCUT2D eigenvalue weighted by atomic mass is 16.6. The second-order valence-electron chi connectivity index (χ2n) is 4.40. The van der Waals surface area contributed by atoms with Gasteiger partial charge in [-0.2, -0.15) is 0 Å². The van der Waals surface area contributed by atoms with Gasteiger partial charge in [0.15, 0.2) is 5.78 Å². The van der Waals surface area contributed by atoms with Gasteiger partial charge in [0.05, 0.1) is 0 Å². The minimum absolute atomic E-state index is 0.114. The molecule has 16 heavy (non-hydrogen) atoms. The van der Waals surface area contributed by atoms with Gasteiger partial charge in [-0.05, 0) is 18.9 Å². The summed E-state index contributed by atoms with van der Waals surface area (Å²) in [6.45, 7) is 3.65. The highest BCUT2D eigenvalue weighted by Crippen LogP contribution is 2.27. The molecule has 0 bridgehead atoms. The molecule has 0 N–H and O–H groups in total. The fourth-order valence-electron chi connectivity index (χ4n) is 2.55. The Balaban J connectivity index is 2.11. The first kappa shape index (κ1) is 11.2. The number of ketones is 1. The summed E-state index contributed by atoms with van der Waals surface area (Å²) >= 11 is 0. The molecule has 4 heteroatoms. The van der Waals surface area contributed by atoms with Crippen LogP contribution in [-0.2, 0) is 9.53 Å². The molecular formula is C12H17NO3. The molecule has 1 atom stereocenters. The van der Waals surface area contributed by atoms with Crippen LogP contribution < -0.4 is 0 Å². The van der Waals surface area contributed by atoms with E-state index in [1.807, 2.05) is 0 Å². The molecule has 1 amide bonds. The van der Waals surface area contributed by atoms with E-state index < -0.39 is 6.04 Å². The smallest absolute Gasteiger partial charge is 0.410 e. The monoisotopic (exact) mass is 223 g/mol. The normalized spacial score (nSPS) is 26.6. The number of hydrogen-bond donors (Lipinski definition) is 0. The minimum atomic E-state index is -0.437. The molecule has 2 aliphatic rings. The van der Waals surface area contributed by atoms with Gasteiger partial charge in [-0.3, -0.25) is 9.69 Å². The second kappa shape index (κ2) is 4.68. The summed E-state index contributed by atoms with van der Waals surface area (Å²) < 4.78 is 4.97. The lowest BCUT2D eigenvalue weighted by atomic mass is 9.93. The van der Waals surface area contributed by atoms with E-state index in [9.17, 15) is 9.59 Å². The van der Waals surface area contributed by atoms with Crippen molar-refractivity contribution < 1.29 is 14.3 Å². The summed E-state index contributed by atoms with van der Waals surface area (Å²) in [5.74, 6) is -0.114. The van der Waals surface area contributed by atoms with Crippen LogP contribution in [0.1, 0.15) is 32.1 Å². The minimum Gasteiger partial charge on any atom is -0.447 e. The SMILES string of the molecule is C=CC(=O)C1COC(=O)N1C1CCCCC1. The number of hydrogen-bond acceptors (Lipinski definition) is 3. The molecule has 1 saturated heterocycles. The van der Waals surface area contributed by atoms with Crippen molar-refractivity contribution in [1.29, 1.82) is 0 Å². The van der Waals surface area contributed by atoms with E-state index >= 15 is 0 Å². The number of nitrogens with zero attached hydrogens (tertiary/aromatic N) is 1. The van der Waals surface area contributed by atoms with Crippen molar-refractivity contribution in [3.05, 3.63) is 12.7 Å². The second-order valence-corrected chi connectivity index (χ2v) is 4.40. The molecule has 0 radical (unpaired) electrons. The van der Waals surface area contributed by atoms with Gasteiger partial charge in [-0.25, -0.2) is 4.79 Å². The molecule has 0 aromatic rings. The van der Waals surface area contributed by atoms with Crippen molar-refractivity contribution in [2.75, 3.05) is 6.61 Å². The van der Waals surface area contributed by atoms with Crippen LogP contribution in [0, 0.1) is 0 Å². The topological polar surface area (TPSA) is 46.6 Å². The summed E-state index contributed by atoms with van der Waals surface area (Å²) in [5, 5.41) is 0. The Morgan fingerprint density at radius 2 is 2.06 bits per heavy atom. The summed E-state index contributed by atoms with van der Waals surface area (Å²) in [6, 6.07) is -0.259. The molecule has 2 rings (SSSR count). The maximum atomic E-state index is 11.6. The van der Waals surface area contributed by atoms with Crippen LogP contribution in [-0.4, -0.2) is 35.5 Å². The third kappa shape index (κ3) is 1.96. The van der Waals surface area contributed by atoms with Crippen LogP contribution in [0.2, 0.25) is 0 Å². The molecule has 1 aliphatic carbocycles. The predicted molar refractivity (Wildman–Crippen MR) is 59.1 cm³/mol. The molecule has 0 aromatic heterocycles. The fraction of sp³-hybridized carbons (Fsp3) is 0.667. The third-order valence-electron chi connectivity index (χ3n) is 3.41. The Bertz CT molecular complexity index is 307. The van der Waals surface area contributed by atoms with Crippen molar-refractivity contribution in [3.63, 3.8) is 0 Å². The molecule has 0 aromatic carbocycles. The number of amides is 1. The van der Waals surface area contributed by atoms with Gasteiger partial charge in [0.2, 0.25) is 0 Å². The first-order chi connectivity index (χ1) is 7.74. The van der Waals surface area contributed by atoms with Crippen molar-refractivity contribution >= 4 is 11.9 Å². The van der Waals surface area contributed by atoms with Crippen LogP contribution in [0.3, 0.4) is 0 Å². The lowest BCUT2D eigenvalue weighted by Gasteiger charge is -2.32. The molecule has 1 aliphatic heterocycles. The molecule has 2 fully saturated rings. The fourth-order valence-corrected chi connectivity index (χ4v) is 2.55. The quantitative estimate of drug-likeness (QED) is 0.686. The molecule has 1 heterocycles. The summed E-state index contributed by atoms with van der Waals surface area (Å²) in [4.78, 5) is 24.9.